The summed E-state index contributed by atoms with van der Waals surface area (Å²) in [7, 11) is -4.85. The van der Waals surface area contributed by atoms with Gasteiger partial charge in [-0.2, -0.15) is 21.0 Å². The molecule has 0 aliphatic rings. The molecule has 7 nitrogen and oxygen atoms in total. The number of carbonyl (C=O) groups excluding carboxylic acids is 2. The van der Waals surface area contributed by atoms with E-state index >= 15 is 0 Å². The molecule has 2 N–H and O–H groups in total. The van der Waals surface area contributed by atoms with Gasteiger partial charge in [-0.05, 0) is 0 Å². The Hall–Kier alpha value is -0.800. The zero-order chi connectivity index (χ0) is 11.4. The van der Waals surface area contributed by atoms with Crippen LogP contribution in [-0.4, -0.2) is 36.6 Å². The minimum Gasteiger partial charge on any atom is -0.342 e. The van der Waals surface area contributed by atoms with Crippen molar-refractivity contribution in [1.29, 1.82) is 0 Å². The highest BCUT2D eigenvalue weighted by molar-refractivity contribution is 7.81. The van der Waals surface area contributed by atoms with Crippen LogP contribution < -0.4 is 5.32 Å². The summed E-state index contributed by atoms with van der Waals surface area (Å²) >= 11 is 3.69. The van der Waals surface area contributed by atoms with E-state index in [2.05, 4.69) is 22.1 Å². The van der Waals surface area contributed by atoms with Crippen molar-refractivity contribution in [2.75, 3.05) is 5.75 Å². The van der Waals surface area contributed by atoms with Gasteiger partial charge in [-0.3, -0.25) is 9.35 Å². The van der Waals surface area contributed by atoms with Crippen LogP contribution in [0.3, 0.4) is 0 Å². The second kappa shape index (κ2) is 5.17. The Morgan fingerprint density at radius 3 is 2.36 bits per heavy atom. The first-order chi connectivity index (χ1) is 6.26. The molecule has 14 heavy (non-hydrogen) atoms. The van der Waals surface area contributed by atoms with Crippen LogP contribution in [0.15, 0.2) is 0 Å². The van der Waals surface area contributed by atoms with Crippen LogP contribution in [0.1, 0.15) is 6.92 Å². The number of hydrogen-bond donors (Lipinski definition) is 3. The summed E-state index contributed by atoms with van der Waals surface area (Å²) in [5, 5.41) is 2.09. The summed E-state index contributed by atoms with van der Waals surface area (Å²) in [6.45, 7) is 1.14. The van der Waals surface area contributed by atoms with E-state index in [1.807, 2.05) is 0 Å². The third-order valence-electron chi connectivity index (χ3n) is 1.03. The van der Waals surface area contributed by atoms with Crippen molar-refractivity contribution >= 4 is 34.9 Å². The first-order valence-corrected chi connectivity index (χ1v) is 5.34. The average Bonchev–Trinajstić information content (AvgIpc) is 1.96. The zero-order valence-corrected chi connectivity index (χ0v) is 8.84. The standard InChI is InChI=1S/C5H9NO6S2/c1-3(7)6-4(2-13)5(8)12-14(9,10)11/h4,13H,2H2,1H3,(H,6,7)(H,9,10,11)/t4-/m0/s1. The second-order valence-corrected chi connectivity index (χ2v) is 3.65. The number of amides is 1. The Morgan fingerprint density at radius 2 is 2.07 bits per heavy atom. The molecule has 0 aromatic carbocycles. The molecule has 82 valence electrons. The maximum absolute atomic E-state index is 10.9. The van der Waals surface area contributed by atoms with Gasteiger partial charge in [-0.25, -0.2) is 4.79 Å². The summed E-state index contributed by atoms with van der Waals surface area (Å²) in [4.78, 5) is 21.4. The highest BCUT2D eigenvalue weighted by Crippen LogP contribution is 1.96. The van der Waals surface area contributed by atoms with Gasteiger partial charge in [-0.15, -0.1) is 0 Å². The molecule has 0 unspecified atom stereocenters. The van der Waals surface area contributed by atoms with Crippen molar-refractivity contribution in [3.8, 4) is 0 Å². The zero-order valence-electron chi connectivity index (χ0n) is 7.13. The van der Waals surface area contributed by atoms with Crippen molar-refractivity contribution < 1.29 is 26.7 Å². The second-order valence-electron chi connectivity index (χ2n) is 2.27. The lowest BCUT2D eigenvalue weighted by Crippen LogP contribution is -2.42. The number of carbonyl (C=O) groups is 2. The number of thiol groups is 1. The first-order valence-electron chi connectivity index (χ1n) is 3.35. The molecule has 0 aliphatic carbocycles. The molecule has 0 aliphatic heterocycles. The van der Waals surface area contributed by atoms with Crippen molar-refractivity contribution in [3.05, 3.63) is 0 Å². The largest absolute Gasteiger partial charge is 0.449 e. The predicted octanol–water partition coefficient (Wildman–Crippen LogP) is -1.23. The smallest absolute Gasteiger partial charge is 0.342 e. The van der Waals surface area contributed by atoms with Gasteiger partial charge < -0.3 is 9.50 Å². The number of nitrogens with one attached hydrogen (secondary N) is 1. The molecule has 0 heterocycles. The molecule has 0 saturated heterocycles. The van der Waals surface area contributed by atoms with Crippen LogP contribution in [0.2, 0.25) is 0 Å². The Kier molecular flexibility index (Phi) is 4.88. The van der Waals surface area contributed by atoms with Crippen LogP contribution >= 0.6 is 12.6 Å². The average molecular weight is 243 g/mol. The summed E-state index contributed by atoms with van der Waals surface area (Å²) in [6, 6.07) is -1.21. The molecule has 1 atom stereocenters. The maximum atomic E-state index is 10.9. The number of hydrogen-bond acceptors (Lipinski definition) is 6. The van der Waals surface area contributed by atoms with E-state index in [1.165, 1.54) is 0 Å². The normalized spacial score (nSPS) is 13.1. The third kappa shape index (κ3) is 5.78. The van der Waals surface area contributed by atoms with Crippen LogP contribution in [0.4, 0.5) is 0 Å². The highest BCUT2D eigenvalue weighted by Gasteiger charge is 2.23. The van der Waals surface area contributed by atoms with E-state index in [4.69, 9.17) is 4.55 Å². The summed E-state index contributed by atoms with van der Waals surface area (Å²) in [6.07, 6.45) is 0. The Bertz CT molecular complexity index is 323. The van der Waals surface area contributed by atoms with Gasteiger partial charge in [0.25, 0.3) is 0 Å². The molecule has 0 bridgehead atoms. The molecule has 0 spiro atoms. The molecule has 0 fully saturated rings. The van der Waals surface area contributed by atoms with E-state index in [0.29, 0.717) is 0 Å². The van der Waals surface area contributed by atoms with E-state index in [0.717, 1.165) is 6.92 Å². The lowest BCUT2D eigenvalue weighted by molar-refractivity contribution is -0.138. The van der Waals surface area contributed by atoms with Gasteiger partial charge in [0, 0.05) is 12.7 Å². The summed E-state index contributed by atoms with van der Waals surface area (Å²) < 4.78 is 32.0. The molecule has 0 saturated carbocycles. The molecule has 0 radical (unpaired) electrons. The van der Waals surface area contributed by atoms with Gasteiger partial charge in [0.1, 0.15) is 6.04 Å². The highest BCUT2D eigenvalue weighted by atomic mass is 32.3. The fourth-order valence-electron chi connectivity index (χ4n) is 0.586. The quantitative estimate of drug-likeness (QED) is 0.421. The van der Waals surface area contributed by atoms with Gasteiger partial charge in [0.2, 0.25) is 5.91 Å². The predicted molar refractivity (Wildman–Crippen MR) is 49.1 cm³/mol. The molecule has 9 heteroatoms. The van der Waals surface area contributed by atoms with Gasteiger partial charge in [0.05, 0.1) is 0 Å². The number of rotatable bonds is 4. The summed E-state index contributed by atoms with van der Waals surface area (Å²) in [5.41, 5.74) is 0. The molecule has 0 rings (SSSR count). The Labute approximate surface area is 86.2 Å². The fraction of sp³-hybridized carbons (Fsp3) is 0.600. The van der Waals surface area contributed by atoms with Crippen LogP contribution in [0.5, 0.6) is 0 Å². The van der Waals surface area contributed by atoms with Crippen molar-refractivity contribution in [3.63, 3.8) is 0 Å². The van der Waals surface area contributed by atoms with E-state index in [1.54, 1.807) is 0 Å². The SMILES string of the molecule is CC(=O)N[C@@H](CS)C(=O)OS(=O)(=O)O. The van der Waals surface area contributed by atoms with Gasteiger partial charge in [-0.1, -0.05) is 0 Å². The van der Waals surface area contributed by atoms with E-state index in [9.17, 15) is 18.0 Å². The monoisotopic (exact) mass is 243 g/mol. The molecular weight excluding hydrogens is 234 g/mol. The van der Waals surface area contributed by atoms with Crippen LogP contribution in [-0.2, 0) is 24.2 Å². The molecule has 0 aromatic heterocycles. The Balaban J connectivity index is 4.40. The molecule has 1 amide bonds. The minimum absolute atomic E-state index is 0.145. The lowest BCUT2D eigenvalue weighted by Gasteiger charge is -2.11. The lowest BCUT2D eigenvalue weighted by atomic mass is 10.3. The van der Waals surface area contributed by atoms with E-state index < -0.39 is 28.3 Å². The van der Waals surface area contributed by atoms with Crippen LogP contribution in [0, 0.1) is 0 Å². The van der Waals surface area contributed by atoms with Crippen LogP contribution in [0.25, 0.3) is 0 Å². The minimum atomic E-state index is -4.85. The Morgan fingerprint density at radius 1 is 1.57 bits per heavy atom. The van der Waals surface area contributed by atoms with E-state index in [-0.39, 0.29) is 5.75 Å². The van der Waals surface area contributed by atoms with Gasteiger partial charge in [0.15, 0.2) is 0 Å². The van der Waals surface area contributed by atoms with Crippen molar-refractivity contribution in [2.24, 2.45) is 0 Å². The molecular formula is C5H9NO6S2. The topological polar surface area (TPSA) is 110 Å². The van der Waals surface area contributed by atoms with Crippen molar-refractivity contribution in [1.82, 2.24) is 5.32 Å². The first kappa shape index (κ1) is 13.2. The maximum Gasteiger partial charge on any atom is 0.449 e. The fourth-order valence-corrected chi connectivity index (χ4v) is 1.15. The van der Waals surface area contributed by atoms with Gasteiger partial charge >= 0.3 is 16.4 Å². The molecule has 0 aromatic rings. The van der Waals surface area contributed by atoms with Crippen molar-refractivity contribution in [2.45, 2.75) is 13.0 Å². The third-order valence-corrected chi connectivity index (χ3v) is 1.77. The summed E-state index contributed by atoms with van der Waals surface area (Å²) in [5.74, 6) is -1.98.